The number of fused-ring (bicyclic) bond motifs is 3. The summed E-state index contributed by atoms with van der Waals surface area (Å²) in [5.74, 6) is 9.13. The third-order valence-electron chi connectivity index (χ3n) is 10.7. The van der Waals surface area contributed by atoms with Gasteiger partial charge in [0.25, 0.3) is 0 Å². The number of rotatable bonds is 7. The minimum Gasteiger partial charge on any atom is -0.486 e. The van der Waals surface area contributed by atoms with Crippen LogP contribution < -0.4 is 4.40 Å². The zero-order chi connectivity index (χ0) is 36.2. The first kappa shape index (κ1) is 38.8. The standard InChI is InChI=1S/C30H27N2O.C17H22GeN.Ir/c1-20(21-9-4-2-5-10-21)23-15-17-31-27(19-23)25-13-8-14-26-28-24(22-11-6-3-7-12-22)16-18-32-30(28)33-29(25)26;1-13(2)15-11-17(14-9-7-6-8-10-14)19-12-16(15)18(3,4)5;/h3,6-8,11-12,14-21H,2,4-5,9-10H2,1H3;6-9,11-13H,1-5H3;/q2*-1;. The maximum Gasteiger partial charge on any atom is 0.216 e. The Labute approximate surface area is 331 Å². The molecule has 1 atom stereocenters. The second-order valence-electron chi connectivity index (χ2n) is 15.6. The van der Waals surface area contributed by atoms with Crippen molar-refractivity contribution >= 4 is 39.7 Å². The Bertz CT molecular complexity index is 2270. The summed E-state index contributed by atoms with van der Waals surface area (Å²) < 4.78 is 7.86. The van der Waals surface area contributed by atoms with E-state index in [-0.39, 0.29) is 20.1 Å². The first-order chi connectivity index (χ1) is 25.2. The maximum atomic E-state index is 6.33. The molecule has 273 valence electrons. The van der Waals surface area contributed by atoms with Crippen LogP contribution in [0.4, 0.5) is 0 Å². The van der Waals surface area contributed by atoms with Gasteiger partial charge < -0.3 is 9.40 Å². The van der Waals surface area contributed by atoms with E-state index in [9.17, 15) is 0 Å². The van der Waals surface area contributed by atoms with Gasteiger partial charge in [-0.3, -0.25) is 0 Å². The quantitative estimate of drug-likeness (QED) is 0.118. The van der Waals surface area contributed by atoms with E-state index in [1.54, 1.807) is 0 Å². The Morgan fingerprint density at radius 1 is 0.755 bits per heavy atom. The zero-order valence-electron chi connectivity index (χ0n) is 31.7. The maximum absolute atomic E-state index is 6.33. The SMILES string of the molecule is CC(C)c1cc(-c2[c-]cccc2)nc[c]1[Ge]([CH3])([CH3])[CH3].CC(c1ccnc(-c2[c-]ccc3c2oc2nccc(-c4ccccc4)c23)c1)C1CCCCC1.[Ir]. The Morgan fingerprint density at radius 2 is 1.51 bits per heavy atom. The summed E-state index contributed by atoms with van der Waals surface area (Å²) in [6.07, 6.45) is 12.6. The van der Waals surface area contributed by atoms with Gasteiger partial charge in [0.05, 0.1) is 5.58 Å². The number of benzene rings is 3. The second-order valence-corrected chi connectivity index (χ2v) is 26.2. The molecule has 8 rings (SSSR count). The molecule has 6 heteroatoms. The van der Waals surface area contributed by atoms with Crippen LogP contribution in [0.25, 0.3) is 55.7 Å². The van der Waals surface area contributed by atoms with Crippen molar-refractivity contribution < 1.29 is 24.5 Å². The molecule has 4 aromatic heterocycles. The molecule has 0 N–H and O–H groups in total. The predicted molar refractivity (Wildman–Crippen MR) is 220 cm³/mol. The molecular weight excluding hydrogens is 887 g/mol. The van der Waals surface area contributed by atoms with Crippen molar-refractivity contribution in [2.45, 2.75) is 82.0 Å². The number of aromatic nitrogens is 3. The molecule has 1 aliphatic carbocycles. The number of hydrogen-bond donors (Lipinski definition) is 0. The Kier molecular flexibility index (Phi) is 12.5. The Morgan fingerprint density at radius 3 is 2.23 bits per heavy atom. The molecule has 0 amide bonds. The van der Waals surface area contributed by atoms with Crippen molar-refractivity contribution in [3.05, 3.63) is 133 Å². The van der Waals surface area contributed by atoms with E-state index in [2.05, 4.69) is 127 Å². The molecular formula is C47H49GeIrN3O-2. The fraction of sp³-hybridized carbons (Fsp3) is 0.298. The van der Waals surface area contributed by atoms with Crippen LogP contribution >= 0.6 is 0 Å². The van der Waals surface area contributed by atoms with Gasteiger partial charge in [0.15, 0.2) is 0 Å². The van der Waals surface area contributed by atoms with Crippen LogP contribution in [0.15, 0.2) is 114 Å². The third-order valence-corrected chi connectivity index (χ3v) is 15.0. The molecule has 3 aromatic carbocycles. The van der Waals surface area contributed by atoms with Gasteiger partial charge in [0.1, 0.15) is 0 Å². The van der Waals surface area contributed by atoms with Gasteiger partial charge in [-0.25, -0.2) is 4.98 Å². The van der Waals surface area contributed by atoms with E-state index >= 15 is 0 Å². The van der Waals surface area contributed by atoms with E-state index in [1.165, 1.54) is 47.6 Å². The molecule has 0 saturated heterocycles. The van der Waals surface area contributed by atoms with E-state index < -0.39 is 13.3 Å². The van der Waals surface area contributed by atoms with E-state index in [0.29, 0.717) is 17.5 Å². The number of nitrogens with zero attached hydrogens (tertiary/aromatic N) is 3. The van der Waals surface area contributed by atoms with Crippen molar-refractivity contribution in [2.75, 3.05) is 0 Å². The predicted octanol–water partition coefficient (Wildman–Crippen LogP) is 12.4. The molecule has 1 aliphatic rings. The minimum absolute atomic E-state index is 0. The fourth-order valence-corrected chi connectivity index (χ4v) is 11.3. The molecule has 4 heterocycles. The summed E-state index contributed by atoms with van der Waals surface area (Å²) in [7, 11) is 0. The van der Waals surface area contributed by atoms with Gasteiger partial charge in [0.2, 0.25) is 5.71 Å². The zero-order valence-corrected chi connectivity index (χ0v) is 36.2. The minimum atomic E-state index is -1.85. The van der Waals surface area contributed by atoms with Crippen LogP contribution in [-0.2, 0) is 20.1 Å². The topological polar surface area (TPSA) is 51.8 Å². The molecule has 53 heavy (non-hydrogen) atoms. The fourth-order valence-electron chi connectivity index (χ4n) is 7.76. The summed E-state index contributed by atoms with van der Waals surface area (Å²) in [6.45, 7) is 6.91. The van der Waals surface area contributed by atoms with Crippen LogP contribution in [0.5, 0.6) is 0 Å². The van der Waals surface area contributed by atoms with Crippen molar-refractivity contribution in [3.8, 4) is 33.6 Å². The van der Waals surface area contributed by atoms with Crippen LogP contribution in [-0.4, -0.2) is 28.2 Å². The molecule has 0 aliphatic heterocycles. The summed E-state index contributed by atoms with van der Waals surface area (Å²) in [4.78, 5) is 13.9. The summed E-state index contributed by atoms with van der Waals surface area (Å²) >= 11 is -1.85. The summed E-state index contributed by atoms with van der Waals surface area (Å²) in [6, 6.07) is 37.9. The Balaban J connectivity index is 0.000000206. The summed E-state index contributed by atoms with van der Waals surface area (Å²) in [5.41, 5.74) is 10.5. The van der Waals surface area contributed by atoms with Crippen molar-refractivity contribution in [3.63, 3.8) is 0 Å². The second kappa shape index (κ2) is 17.1. The van der Waals surface area contributed by atoms with Gasteiger partial charge >= 0.3 is 119 Å². The average Bonchev–Trinajstić information content (AvgIpc) is 3.58. The molecule has 1 radical (unpaired) electrons. The number of hydrogen-bond acceptors (Lipinski definition) is 4. The molecule has 1 fully saturated rings. The van der Waals surface area contributed by atoms with Crippen molar-refractivity contribution in [1.29, 1.82) is 0 Å². The van der Waals surface area contributed by atoms with Crippen molar-refractivity contribution in [2.24, 2.45) is 5.92 Å². The van der Waals surface area contributed by atoms with Crippen molar-refractivity contribution in [1.82, 2.24) is 15.0 Å². The normalized spacial score (nSPS) is 14.1. The van der Waals surface area contributed by atoms with Gasteiger partial charge in [-0.05, 0) is 53.6 Å². The third kappa shape index (κ3) is 8.59. The van der Waals surface area contributed by atoms with E-state index in [1.807, 2.05) is 42.7 Å². The summed E-state index contributed by atoms with van der Waals surface area (Å²) in [5, 5.41) is 2.10. The molecule has 0 bridgehead atoms. The first-order valence-corrected chi connectivity index (χ1v) is 26.2. The van der Waals surface area contributed by atoms with Crippen LogP contribution in [0.3, 0.4) is 0 Å². The molecule has 1 unspecified atom stereocenters. The van der Waals surface area contributed by atoms with Gasteiger partial charge in [-0.1, -0.05) is 79.1 Å². The van der Waals surface area contributed by atoms with Crippen LogP contribution in [0.1, 0.15) is 75.8 Å². The first-order valence-electron chi connectivity index (χ1n) is 18.9. The monoisotopic (exact) mass is 938 g/mol. The van der Waals surface area contributed by atoms with Gasteiger partial charge in [-0.15, -0.1) is 18.2 Å². The molecule has 7 aromatic rings. The smallest absolute Gasteiger partial charge is 0.216 e. The van der Waals surface area contributed by atoms with E-state index in [4.69, 9.17) is 9.40 Å². The van der Waals surface area contributed by atoms with Crippen LogP contribution in [0.2, 0.25) is 17.3 Å². The Hall–Kier alpha value is -3.90. The molecule has 0 spiro atoms. The van der Waals surface area contributed by atoms with Gasteiger partial charge in [-0.2, -0.15) is 0 Å². The largest absolute Gasteiger partial charge is 0.486 e. The van der Waals surface area contributed by atoms with Gasteiger partial charge in [0, 0.05) is 37.9 Å². The van der Waals surface area contributed by atoms with Crippen LogP contribution in [0, 0.1) is 18.1 Å². The molecule has 4 nitrogen and oxygen atoms in total. The van der Waals surface area contributed by atoms with E-state index in [0.717, 1.165) is 55.9 Å². The number of furan rings is 1. The average molecular weight is 937 g/mol. The number of pyridine rings is 3. The molecule has 1 saturated carbocycles.